The quantitative estimate of drug-likeness (QED) is 0.564. The molecular weight excluding hydrogens is 394 g/mol. The molecule has 0 aliphatic heterocycles. The summed E-state index contributed by atoms with van der Waals surface area (Å²) in [6.45, 7) is 1.89. The van der Waals surface area contributed by atoms with Crippen molar-refractivity contribution < 1.29 is 9.59 Å². The predicted octanol–water partition coefficient (Wildman–Crippen LogP) is 4.94. The van der Waals surface area contributed by atoms with Crippen LogP contribution in [0.2, 0.25) is 5.02 Å². The van der Waals surface area contributed by atoms with Crippen LogP contribution in [-0.2, 0) is 16.0 Å². The Kier molecular flexibility index (Phi) is 6.57. The Bertz CT molecular complexity index is 1020. The van der Waals surface area contributed by atoms with Crippen molar-refractivity contribution in [1.29, 1.82) is 0 Å². The zero-order valence-corrected chi connectivity index (χ0v) is 16.7. The number of hydrogen-bond donors (Lipinski definition) is 2. The Balaban J connectivity index is 1.55. The van der Waals surface area contributed by atoms with Crippen LogP contribution in [0.1, 0.15) is 16.8 Å². The highest BCUT2D eigenvalue weighted by molar-refractivity contribution is 7.14. The third kappa shape index (κ3) is 5.77. The number of amides is 2. The van der Waals surface area contributed by atoms with E-state index in [0.717, 1.165) is 11.1 Å². The molecule has 7 heteroatoms. The van der Waals surface area contributed by atoms with E-state index in [1.165, 1.54) is 17.4 Å². The second-order valence-electron chi connectivity index (χ2n) is 6.06. The van der Waals surface area contributed by atoms with E-state index in [4.69, 9.17) is 11.6 Å². The van der Waals surface area contributed by atoms with Crippen molar-refractivity contribution in [2.45, 2.75) is 13.3 Å². The third-order valence-electron chi connectivity index (χ3n) is 3.82. The molecule has 0 aliphatic rings. The lowest BCUT2D eigenvalue weighted by atomic mass is 10.2. The minimum Gasteiger partial charge on any atom is -0.325 e. The van der Waals surface area contributed by atoms with Crippen LogP contribution in [-0.4, -0.2) is 16.8 Å². The van der Waals surface area contributed by atoms with Gasteiger partial charge in [0.2, 0.25) is 11.8 Å². The minimum atomic E-state index is -0.274. The number of aryl methyl sites for hydroxylation is 1. The van der Waals surface area contributed by atoms with E-state index in [-0.39, 0.29) is 18.2 Å². The van der Waals surface area contributed by atoms with Gasteiger partial charge in [0.25, 0.3) is 0 Å². The topological polar surface area (TPSA) is 71.1 Å². The van der Waals surface area contributed by atoms with Gasteiger partial charge in [0.1, 0.15) is 0 Å². The lowest BCUT2D eigenvalue weighted by Crippen LogP contribution is -2.15. The van der Waals surface area contributed by atoms with Gasteiger partial charge in [0.15, 0.2) is 5.13 Å². The number of rotatable bonds is 6. The summed E-state index contributed by atoms with van der Waals surface area (Å²) in [5.41, 5.74) is 3.12. The maximum atomic E-state index is 12.2. The van der Waals surface area contributed by atoms with Gasteiger partial charge in [-0.1, -0.05) is 48.0 Å². The van der Waals surface area contributed by atoms with Gasteiger partial charge in [-0.25, -0.2) is 4.98 Å². The number of aromatic nitrogens is 1. The summed E-state index contributed by atoms with van der Waals surface area (Å²) < 4.78 is 0. The molecule has 0 saturated heterocycles. The molecule has 0 saturated carbocycles. The Morgan fingerprint density at radius 3 is 2.71 bits per heavy atom. The van der Waals surface area contributed by atoms with E-state index in [1.807, 2.05) is 43.3 Å². The van der Waals surface area contributed by atoms with Gasteiger partial charge < -0.3 is 5.32 Å². The van der Waals surface area contributed by atoms with Crippen molar-refractivity contribution in [2.75, 3.05) is 10.6 Å². The van der Waals surface area contributed by atoms with E-state index in [1.54, 1.807) is 23.6 Å². The molecule has 3 aromatic rings. The fourth-order valence-corrected chi connectivity index (χ4v) is 3.30. The number of halogens is 1. The molecular formula is C21H18ClN3O2S. The Morgan fingerprint density at radius 2 is 1.93 bits per heavy atom. The molecule has 2 N–H and O–H groups in total. The van der Waals surface area contributed by atoms with Crippen molar-refractivity contribution in [3.63, 3.8) is 0 Å². The van der Waals surface area contributed by atoms with Crippen LogP contribution in [0.25, 0.3) is 6.08 Å². The fourth-order valence-electron chi connectivity index (χ4n) is 2.42. The molecule has 0 fully saturated rings. The standard InChI is InChI=1S/C21H18ClN3O2S/c1-14-7-9-16(22)11-18(14)24-20(27)12-17-13-28-21(23-17)25-19(26)10-8-15-5-3-2-4-6-15/h2-11,13H,12H2,1H3,(H,24,27)(H,23,25,26)/b10-8+. The van der Waals surface area contributed by atoms with Crippen molar-refractivity contribution in [3.8, 4) is 0 Å². The van der Waals surface area contributed by atoms with Gasteiger partial charge in [-0.15, -0.1) is 11.3 Å². The molecule has 2 amide bonds. The average Bonchev–Trinajstić information content (AvgIpc) is 3.10. The number of carbonyl (C=O) groups excluding carboxylic acids is 2. The number of thiazole rings is 1. The largest absolute Gasteiger partial charge is 0.325 e. The Labute approximate surface area is 172 Å². The number of nitrogens with one attached hydrogen (secondary N) is 2. The SMILES string of the molecule is Cc1ccc(Cl)cc1NC(=O)Cc1csc(NC(=O)/C=C/c2ccccc2)n1. The lowest BCUT2D eigenvalue weighted by molar-refractivity contribution is -0.115. The molecule has 0 spiro atoms. The van der Waals surface area contributed by atoms with Crippen molar-refractivity contribution in [2.24, 2.45) is 0 Å². The summed E-state index contributed by atoms with van der Waals surface area (Å²) in [7, 11) is 0. The molecule has 1 aromatic heterocycles. The van der Waals surface area contributed by atoms with Crippen LogP contribution in [0.4, 0.5) is 10.8 Å². The summed E-state index contributed by atoms with van der Waals surface area (Å²) in [5, 5.41) is 8.29. The Hall–Kier alpha value is -2.96. The molecule has 0 unspecified atom stereocenters. The van der Waals surface area contributed by atoms with Gasteiger partial charge in [-0.2, -0.15) is 0 Å². The molecule has 28 heavy (non-hydrogen) atoms. The highest BCUT2D eigenvalue weighted by Gasteiger charge is 2.10. The van der Waals surface area contributed by atoms with Crippen LogP contribution in [0.5, 0.6) is 0 Å². The summed E-state index contributed by atoms with van der Waals surface area (Å²) in [5.74, 6) is -0.471. The molecule has 142 valence electrons. The smallest absolute Gasteiger partial charge is 0.250 e. The summed E-state index contributed by atoms with van der Waals surface area (Å²) in [6.07, 6.45) is 3.29. The molecule has 0 bridgehead atoms. The maximum absolute atomic E-state index is 12.2. The van der Waals surface area contributed by atoms with Crippen LogP contribution >= 0.6 is 22.9 Å². The first kappa shape index (κ1) is 19.8. The highest BCUT2D eigenvalue weighted by atomic mass is 35.5. The first-order valence-electron chi connectivity index (χ1n) is 8.54. The van der Waals surface area contributed by atoms with Crippen LogP contribution in [0.3, 0.4) is 0 Å². The summed E-state index contributed by atoms with van der Waals surface area (Å²) in [4.78, 5) is 28.5. The van der Waals surface area contributed by atoms with Crippen molar-refractivity contribution >= 4 is 51.6 Å². The zero-order chi connectivity index (χ0) is 19.9. The highest BCUT2D eigenvalue weighted by Crippen LogP contribution is 2.21. The predicted molar refractivity (Wildman–Crippen MR) is 115 cm³/mol. The molecule has 0 atom stereocenters. The van der Waals surface area contributed by atoms with Crippen LogP contribution in [0.15, 0.2) is 60.0 Å². The third-order valence-corrected chi connectivity index (χ3v) is 4.87. The number of benzene rings is 2. The van der Waals surface area contributed by atoms with Gasteiger partial charge >= 0.3 is 0 Å². The monoisotopic (exact) mass is 411 g/mol. The van der Waals surface area contributed by atoms with E-state index < -0.39 is 0 Å². The van der Waals surface area contributed by atoms with Crippen molar-refractivity contribution in [1.82, 2.24) is 4.98 Å². The fraction of sp³-hybridized carbons (Fsp3) is 0.0952. The van der Waals surface area contributed by atoms with Gasteiger partial charge in [0.05, 0.1) is 12.1 Å². The van der Waals surface area contributed by atoms with Gasteiger partial charge in [-0.05, 0) is 36.3 Å². The number of anilines is 2. The maximum Gasteiger partial charge on any atom is 0.250 e. The van der Waals surface area contributed by atoms with E-state index in [9.17, 15) is 9.59 Å². The average molecular weight is 412 g/mol. The first-order valence-corrected chi connectivity index (χ1v) is 9.80. The summed E-state index contributed by atoms with van der Waals surface area (Å²) in [6, 6.07) is 14.9. The molecule has 3 rings (SSSR count). The molecule has 1 heterocycles. The van der Waals surface area contributed by atoms with Crippen LogP contribution < -0.4 is 10.6 Å². The van der Waals surface area contributed by atoms with E-state index in [2.05, 4.69) is 15.6 Å². The number of carbonyl (C=O) groups is 2. The molecule has 0 radical (unpaired) electrons. The first-order chi connectivity index (χ1) is 13.5. The molecule has 2 aromatic carbocycles. The Morgan fingerprint density at radius 1 is 1.14 bits per heavy atom. The second-order valence-corrected chi connectivity index (χ2v) is 7.36. The number of nitrogens with zero attached hydrogens (tertiary/aromatic N) is 1. The normalized spacial score (nSPS) is 10.8. The molecule has 0 aliphatic carbocycles. The van der Waals surface area contributed by atoms with Gasteiger partial charge in [-0.3, -0.25) is 14.9 Å². The van der Waals surface area contributed by atoms with Gasteiger partial charge in [0, 0.05) is 22.2 Å². The van der Waals surface area contributed by atoms with Crippen LogP contribution in [0, 0.1) is 6.92 Å². The zero-order valence-electron chi connectivity index (χ0n) is 15.1. The number of hydrogen-bond acceptors (Lipinski definition) is 4. The summed E-state index contributed by atoms with van der Waals surface area (Å²) >= 11 is 7.24. The van der Waals surface area contributed by atoms with Crippen molar-refractivity contribution in [3.05, 3.63) is 81.8 Å². The minimum absolute atomic E-state index is 0.109. The second kappa shape index (κ2) is 9.30. The van der Waals surface area contributed by atoms with E-state index >= 15 is 0 Å². The molecule has 5 nitrogen and oxygen atoms in total. The lowest BCUT2D eigenvalue weighted by Gasteiger charge is -2.08. The van der Waals surface area contributed by atoms with E-state index in [0.29, 0.717) is 21.5 Å².